The zero-order chi connectivity index (χ0) is 23.4. The maximum Gasteiger partial charge on any atom is 0.508 e. The molecule has 192 valence electrons. The number of ether oxygens (including phenoxy) is 2. The van der Waals surface area contributed by atoms with Crippen molar-refractivity contribution in [2.24, 2.45) is 0 Å². The number of hydrogen-bond acceptors (Lipinski definition) is 3. The Labute approximate surface area is 201 Å². The Balaban J connectivity index is 3.14. The number of carbonyl (C=O) groups excluding carboxylic acids is 1. The van der Waals surface area contributed by atoms with Gasteiger partial charge in [0, 0.05) is 0 Å². The molecule has 0 aliphatic carbocycles. The van der Waals surface area contributed by atoms with Crippen LogP contribution in [0, 0.1) is 0 Å². The van der Waals surface area contributed by atoms with Crippen LogP contribution in [0.5, 0.6) is 0 Å². The van der Waals surface area contributed by atoms with E-state index in [1.165, 1.54) is 128 Å². The molecule has 0 atom stereocenters. The largest absolute Gasteiger partial charge is 0.508 e. The molecule has 0 aliphatic heterocycles. The van der Waals surface area contributed by atoms with E-state index in [0.717, 1.165) is 25.7 Å². The van der Waals surface area contributed by atoms with E-state index in [2.05, 4.69) is 13.8 Å². The summed E-state index contributed by atoms with van der Waals surface area (Å²) in [5, 5.41) is 0. The van der Waals surface area contributed by atoms with Crippen LogP contribution in [0.4, 0.5) is 4.79 Å². The summed E-state index contributed by atoms with van der Waals surface area (Å²) in [7, 11) is 0. The van der Waals surface area contributed by atoms with Gasteiger partial charge in [-0.25, -0.2) is 4.79 Å². The minimum atomic E-state index is -0.476. The molecule has 0 aliphatic rings. The Hall–Kier alpha value is -0.730. The van der Waals surface area contributed by atoms with Crippen molar-refractivity contribution in [3.63, 3.8) is 0 Å². The summed E-state index contributed by atoms with van der Waals surface area (Å²) < 4.78 is 10.4. The Morgan fingerprint density at radius 2 is 0.594 bits per heavy atom. The summed E-state index contributed by atoms with van der Waals surface area (Å²) in [6.07, 6.45) is 31.1. The molecule has 0 radical (unpaired) electrons. The Morgan fingerprint density at radius 3 is 0.844 bits per heavy atom. The minimum absolute atomic E-state index is 0.476. The van der Waals surface area contributed by atoms with Gasteiger partial charge < -0.3 is 9.47 Å². The molecule has 0 aromatic rings. The van der Waals surface area contributed by atoms with Crippen LogP contribution in [0.15, 0.2) is 0 Å². The molecule has 0 bridgehead atoms. The van der Waals surface area contributed by atoms with Gasteiger partial charge in [-0.2, -0.15) is 0 Å². The molecule has 3 nitrogen and oxygen atoms in total. The van der Waals surface area contributed by atoms with Crippen molar-refractivity contribution in [1.82, 2.24) is 0 Å². The third kappa shape index (κ3) is 27.3. The Kier molecular flexibility index (Phi) is 27.7. The Morgan fingerprint density at radius 1 is 0.375 bits per heavy atom. The van der Waals surface area contributed by atoms with Crippen molar-refractivity contribution in [3.05, 3.63) is 0 Å². The second-order valence-electron chi connectivity index (χ2n) is 9.73. The van der Waals surface area contributed by atoms with Crippen LogP contribution in [0.2, 0.25) is 0 Å². The fraction of sp³-hybridized carbons (Fsp3) is 0.966. The van der Waals surface area contributed by atoms with E-state index in [9.17, 15) is 4.79 Å². The van der Waals surface area contributed by atoms with E-state index in [4.69, 9.17) is 9.47 Å². The van der Waals surface area contributed by atoms with E-state index in [-0.39, 0.29) is 0 Å². The highest BCUT2D eigenvalue weighted by Crippen LogP contribution is 2.13. The average Bonchev–Trinajstić information content (AvgIpc) is 2.80. The summed E-state index contributed by atoms with van der Waals surface area (Å²) in [4.78, 5) is 11.6. The first-order chi connectivity index (χ1) is 15.8. The quantitative estimate of drug-likeness (QED) is 0.0962. The van der Waals surface area contributed by atoms with E-state index >= 15 is 0 Å². The topological polar surface area (TPSA) is 35.5 Å². The molecule has 0 unspecified atom stereocenters. The molecule has 0 saturated carbocycles. The molecule has 3 heteroatoms. The third-order valence-corrected chi connectivity index (χ3v) is 6.44. The van der Waals surface area contributed by atoms with Gasteiger partial charge in [0.1, 0.15) is 0 Å². The van der Waals surface area contributed by atoms with E-state index in [0.29, 0.717) is 13.2 Å². The van der Waals surface area contributed by atoms with Crippen molar-refractivity contribution in [1.29, 1.82) is 0 Å². The second-order valence-corrected chi connectivity index (χ2v) is 9.73. The highest BCUT2D eigenvalue weighted by atomic mass is 16.7. The summed E-state index contributed by atoms with van der Waals surface area (Å²) in [5.74, 6) is 0. The summed E-state index contributed by atoms with van der Waals surface area (Å²) in [6.45, 7) is 5.56. The molecule has 0 amide bonds. The fourth-order valence-electron chi connectivity index (χ4n) is 4.24. The van der Waals surface area contributed by atoms with Crippen molar-refractivity contribution >= 4 is 6.16 Å². The molecule has 0 N–H and O–H groups in total. The van der Waals surface area contributed by atoms with Crippen molar-refractivity contribution in [2.45, 2.75) is 168 Å². The van der Waals surface area contributed by atoms with Gasteiger partial charge in [0.05, 0.1) is 13.2 Å². The molecule has 0 aromatic heterocycles. The first kappa shape index (κ1) is 31.3. The molecule has 0 heterocycles. The maximum atomic E-state index is 11.6. The number of carbonyl (C=O) groups is 1. The zero-order valence-corrected chi connectivity index (χ0v) is 22.1. The lowest BCUT2D eigenvalue weighted by molar-refractivity contribution is 0.0529. The lowest BCUT2D eigenvalue weighted by atomic mass is 10.1. The van der Waals surface area contributed by atoms with Gasteiger partial charge in [0.2, 0.25) is 0 Å². The zero-order valence-electron chi connectivity index (χ0n) is 22.1. The van der Waals surface area contributed by atoms with Crippen molar-refractivity contribution < 1.29 is 14.3 Å². The van der Waals surface area contributed by atoms with Gasteiger partial charge in [-0.15, -0.1) is 0 Å². The second kappa shape index (κ2) is 28.3. The molecular weight excluding hydrogens is 396 g/mol. The van der Waals surface area contributed by atoms with Crippen LogP contribution in [0.3, 0.4) is 0 Å². The fourth-order valence-corrected chi connectivity index (χ4v) is 4.24. The van der Waals surface area contributed by atoms with Crippen molar-refractivity contribution in [3.8, 4) is 0 Å². The lowest BCUT2D eigenvalue weighted by Crippen LogP contribution is -2.09. The predicted octanol–water partition coefficient (Wildman–Crippen LogP) is 10.5. The molecule has 0 aromatic carbocycles. The average molecular weight is 455 g/mol. The lowest BCUT2D eigenvalue weighted by Gasteiger charge is -2.07. The Bertz CT molecular complexity index is 324. The monoisotopic (exact) mass is 454 g/mol. The van der Waals surface area contributed by atoms with Gasteiger partial charge in [-0.05, 0) is 12.8 Å². The first-order valence-electron chi connectivity index (χ1n) is 14.6. The van der Waals surface area contributed by atoms with Gasteiger partial charge in [-0.3, -0.25) is 0 Å². The molecule has 0 rings (SSSR count). The molecule has 0 fully saturated rings. The van der Waals surface area contributed by atoms with Crippen LogP contribution in [0.25, 0.3) is 0 Å². The standard InChI is InChI=1S/C29H58O3/c1-3-5-7-9-11-13-15-17-19-21-23-25-27-31-29(30)32-28-26-24-22-20-18-16-14-12-10-8-6-4-2/h3-28H2,1-2H3. The maximum absolute atomic E-state index is 11.6. The molecule has 0 saturated heterocycles. The highest BCUT2D eigenvalue weighted by molar-refractivity contribution is 5.59. The van der Waals surface area contributed by atoms with Crippen LogP contribution >= 0.6 is 0 Å². The summed E-state index contributed by atoms with van der Waals surface area (Å²) in [6, 6.07) is 0. The number of rotatable bonds is 26. The van der Waals surface area contributed by atoms with E-state index < -0.39 is 6.16 Å². The number of hydrogen-bond donors (Lipinski definition) is 0. The summed E-state index contributed by atoms with van der Waals surface area (Å²) in [5.41, 5.74) is 0. The third-order valence-electron chi connectivity index (χ3n) is 6.44. The normalized spacial score (nSPS) is 11.1. The van der Waals surface area contributed by atoms with Crippen LogP contribution < -0.4 is 0 Å². The van der Waals surface area contributed by atoms with Gasteiger partial charge in [0.25, 0.3) is 0 Å². The van der Waals surface area contributed by atoms with E-state index in [1.54, 1.807) is 0 Å². The van der Waals surface area contributed by atoms with Crippen molar-refractivity contribution in [2.75, 3.05) is 13.2 Å². The predicted molar refractivity (Wildman–Crippen MR) is 139 cm³/mol. The molecule has 0 spiro atoms. The van der Waals surface area contributed by atoms with Crippen LogP contribution in [-0.4, -0.2) is 19.4 Å². The van der Waals surface area contributed by atoms with Gasteiger partial charge in [0.15, 0.2) is 0 Å². The van der Waals surface area contributed by atoms with Crippen LogP contribution in [0.1, 0.15) is 168 Å². The SMILES string of the molecule is CCCCCCCCCCCCCCOC(=O)OCCCCCCCCCCCCCC. The van der Waals surface area contributed by atoms with Gasteiger partial charge >= 0.3 is 6.16 Å². The molecular formula is C29H58O3. The first-order valence-corrected chi connectivity index (χ1v) is 14.6. The molecule has 32 heavy (non-hydrogen) atoms. The number of unbranched alkanes of at least 4 members (excludes halogenated alkanes) is 22. The van der Waals surface area contributed by atoms with Crippen LogP contribution in [-0.2, 0) is 9.47 Å². The summed E-state index contributed by atoms with van der Waals surface area (Å²) >= 11 is 0. The minimum Gasteiger partial charge on any atom is -0.434 e. The van der Waals surface area contributed by atoms with Gasteiger partial charge in [-0.1, -0.05) is 155 Å². The van der Waals surface area contributed by atoms with E-state index in [1.807, 2.05) is 0 Å². The highest BCUT2D eigenvalue weighted by Gasteiger charge is 2.03. The smallest absolute Gasteiger partial charge is 0.434 e.